The topological polar surface area (TPSA) is 64.0 Å². The zero-order valence-electron chi connectivity index (χ0n) is 13.4. The Morgan fingerprint density at radius 2 is 2.17 bits per heavy atom. The number of fused-ring (bicyclic) bond motifs is 1. The van der Waals surface area contributed by atoms with Gasteiger partial charge >= 0.3 is 0 Å². The molecule has 1 aromatic heterocycles. The van der Waals surface area contributed by atoms with Crippen LogP contribution in [0.3, 0.4) is 0 Å². The Kier molecular flexibility index (Phi) is 6.07. The number of carbonyl (C=O) groups is 1. The van der Waals surface area contributed by atoms with Gasteiger partial charge in [-0.15, -0.1) is 0 Å². The van der Waals surface area contributed by atoms with Crippen molar-refractivity contribution in [2.45, 2.75) is 44.9 Å². The van der Waals surface area contributed by atoms with Gasteiger partial charge in [-0.1, -0.05) is 30.3 Å². The van der Waals surface area contributed by atoms with Gasteiger partial charge in [0.2, 0.25) is 5.91 Å². The molecule has 1 N–H and O–H groups in total. The smallest absolute Gasteiger partial charge is 0.262 e. The van der Waals surface area contributed by atoms with Gasteiger partial charge in [0.1, 0.15) is 0 Å². The summed E-state index contributed by atoms with van der Waals surface area (Å²) in [6.45, 7) is 6.38. The largest absolute Gasteiger partial charge is 0.353 e. The quantitative estimate of drug-likeness (QED) is 0.640. The molecule has 0 aliphatic carbocycles. The van der Waals surface area contributed by atoms with Crippen LogP contribution in [0.1, 0.15) is 27.2 Å². The first-order valence-electron chi connectivity index (χ1n) is 7.54. The molecular weight excluding hydrogens is 334 g/mol. The maximum atomic E-state index is 12.6. The molecule has 2 aromatic rings. The van der Waals surface area contributed by atoms with Crippen LogP contribution >= 0.6 is 23.4 Å². The zero-order valence-corrected chi connectivity index (χ0v) is 15.0. The Morgan fingerprint density at radius 3 is 2.83 bits per heavy atom. The number of carbonyl (C=O) groups excluding carboxylic acids is 1. The first-order chi connectivity index (χ1) is 10.9. The number of aromatic nitrogens is 2. The maximum absolute atomic E-state index is 12.6. The van der Waals surface area contributed by atoms with Crippen molar-refractivity contribution in [2.75, 3.05) is 5.75 Å². The third-order valence-corrected chi connectivity index (χ3v) is 4.32. The Morgan fingerprint density at radius 1 is 1.43 bits per heavy atom. The van der Waals surface area contributed by atoms with Gasteiger partial charge in [-0.2, -0.15) is 0 Å². The van der Waals surface area contributed by atoms with Crippen molar-refractivity contribution in [1.29, 1.82) is 0 Å². The minimum atomic E-state index is -0.0970. The van der Waals surface area contributed by atoms with E-state index in [1.54, 1.807) is 22.8 Å². The van der Waals surface area contributed by atoms with E-state index in [1.165, 1.54) is 11.8 Å². The molecule has 0 fully saturated rings. The minimum absolute atomic E-state index is 0.0755. The Balaban J connectivity index is 2.38. The molecule has 0 aliphatic rings. The Hall–Kier alpha value is -1.53. The van der Waals surface area contributed by atoms with Crippen LogP contribution in [-0.4, -0.2) is 27.3 Å². The maximum Gasteiger partial charge on any atom is 0.262 e. The first-order valence-corrected chi connectivity index (χ1v) is 8.91. The molecule has 0 atom stereocenters. The number of benzene rings is 1. The molecule has 124 valence electrons. The fourth-order valence-electron chi connectivity index (χ4n) is 2.20. The van der Waals surface area contributed by atoms with Gasteiger partial charge in [-0.3, -0.25) is 14.2 Å². The normalized spacial score (nSPS) is 11.2. The standard InChI is InChI=1S/C16H20ClN3O2S/c1-4-7-20-15(22)12-6-5-11(17)8-13(12)19-16(20)23-9-14(21)18-10(2)3/h5-6,8,10H,4,7,9H2,1-3H3,(H,18,21). The molecule has 0 aliphatic heterocycles. The van der Waals surface area contributed by atoms with Crippen molar-refractivity contribution in [1.82, 2.24) is 14.9 Å². The summed E-state index contributed by atoms with van der Waals surface area (Å²) in [5.74, 6) is 0.147. The van der Waals surface area contributed by atoms with Gasteiger partial charge in [-0.05, 0) is 38.5 Å². The SMILES string of the molecule is CCCn1c(SCC(=O)NC(C)C)nc2cc(Cl)ccc2c1=O. The molecule has 0 saturated heterocycles. The van der Waals surface area contributed by atoms with E-state index < -0.39 is 0 Å². The van der Waals surface area contributed by atoms with Crippen LogP contribution in [0, 0.1) is 0 Å². The highest BCUT2D eigenvalue weighted by molar-refractivity contribution is 7.99. The van der Waals surface area contributed by atoms with Gasteiger partial charge < -0.3 is 5.32 Å². The number of hydrogen-bond donors (Lipinski definition) is 1. The van der Waals surface area contributed by atoms with E-state index in [0.717, 1.165) is 6.42 Å². The predicted octanol–water partition coefficient (Wildman–Crippen LogP) is 3.08. The van der Waals surface area contributed by atoms with Gasteiger partial charge in [0.15, 0.2) is 5.16 Å². The monoisotopic (exact) mass is 353 g/mol. The molecule has 1 aromatic carbocycles. The van der Waals surface area contributed by atoms with Gasteiger partial charge in [0.05, 0.1) is 16.7 Å². The van der Waals surface area contributed by atoms with Crippen molar-refractivity contribution < 1.29 is 4.79 Å². The molecule has 5 nitrogen and oxygen atoms in total. The lowest BCUT2D eigenvalue weighted by Crippen LogP contribution is -2.32. The molecule has 1 amide bonds. The highest BCUT2D eigenvalue weighted by atomic mass is 35.5. The Labute approximate surface area is 144 Å². The number of rotatable bonds is 6. The van der Waals surface area contributed by atoms with E-state index >= 15 is 0 Å². The average Bonchev–Trinajstić information content (AvgIpc) is 2.47. The van der Waals surface area contributed by atoms with Crippen molar-refractivity contribution in [3.05, 3.63) is 33.6 Å². The van der Waals surface area contributed by atoms with E-state index in [9.17, 15) is 9.59 Å². The molecule has 1 heterocycles. The number of amides is 1. The van der Waals surface area contributed by atoms with Crippen molar-refractivity contribution in [3.8, 4) is 0 Å². The second-order valence-corrected chi connectivity index (χ2v) is 6.90. The highest BCUT2D eigenvalue weighted by Crippen LogP contribution is 2.20. The lowest BCUT2D eigenvalue weighted by molar-refractivity contribution is -0.119. The first kappa shape index (κ1) is 17.8. The van der Waals surface area contributed by atoms with Crippen LogP contribution in [0.5, 0.6) is 0 Å². The third kappa shape index (κ3) is 4.48. The lowest BCUT2D eigenvalue weighted by atomic mass is 10.2. The van der Waals surface area contributed by atoms with E-state index in [-0.39, 0.29) is 23.3 Å². The summed E-state index contributed by atoms with van der Waals surface area (Å²) >= 11 is 7.26. The van der Waals surface area contributed by atoms with Crippen LogP contribution < -0.4 is 10.9 Å². The molecule has 0 unspecified atom stereocenters. The second kappa shape index (κ2) is 7.84. The summed E-state index contributed by atoms with van der Waals surface area (Å²) in [5, 5.41) is 4.45. The molecule has 7 heteroatoms. The molecule has 2 rings (SSSR count). The lowest BCUT2D eigenvalue weighted by Gasteiger charge is -2.13. The summed E-state index contributed by atoms with van der Waals surface area (Å²) in [4.78, 5) is 29.0. The van der Waals surface area contributed by atoms with Crippen LogP contribution in [0.15, 0.2) is 28.2 Å². The molecule has 0 spiro atoms. The number of thioether (sulfide) groups is 1. The Bertz CT molecular complexity index is 774. The highest BCUT2D eigenvalue weighted by Gasteiger charge is 2.13. The summed E-state index contributed by atoms with van der Waals surface area (Å²) in [5.41, 5.74) is 0.460. The fourth-order valence-corrected chi connectivity index (χ4v) is 3.20. The van der Waals surface area contributed by atoms with Crippen LogP contribution in [0.25, 0.3) is 10.9 Å². The summed E-state index contributed by atoms with van der Waals surface area (Å²) < 4.78 is 1.63. The summed E-state index contributed by atoms with van der Waals surface area (Å²) in [7, 11) is 0. The molecule has 0 saturated carbocycles. The zero-order chi connectivity index (χ0) is 17.0. The van der Waals surface area contributed by atoms with Crippen molar-refractivity contribution in [2.24, 2.45) is 0 Å². The van der Waals surface area contributed by atoms with Crippen molar-refractivity contribution in [3.63, 3.8) is 0 Å². The van der Waals surface area contributed by atoms with E-state index in [0.29, 0.717) is 27.6 Å². The van der Waals surface area contributed by atoms with E-state index in [1.807, 2.05) is 20.8 Å². The summed E-state index contributed by atoms with van der Waals surface area (Å²) in [6, 6.07) is 5.14. The number of nitrogens with zero attached hydrogens (tertiary/aromatic N) is 2. The van der Waals surface area contributed by atoms with Gasteiger partial charge in [0, 0.05) is 17.6 Å². The number of halogens is 1. The average molecular weight is 354 g/mol. The molecule has 0 radical (unpaired) electrons. The van der Waals surface area contributed by atoms with Crippen LogP contribution in [0.2, 0.25) is 5.02 Å². The second-order valence-electron chi connectivity index (χ2n) is 5.52. The molecular formula is C16H20ClN3O2S. The van der Waals surface area contributed by atoms with Crippen LogP contribution in [0.4, 0.5) is 0 Å². The molecule has 0 bridgehead atoms. The van der Waals surface area contributed by atoms with Gasteiger partial charge in [-0.25, -0.2) is 4.98 Å². The summed E-state index contributed by atoms with van der Waals surface area (Å²) in [6.07, 6.45) is 0.812. The van der Waals surface area contributed by atoms with E-state index in [4.69, 9.17) is 11.6 Å². The third-order valence-electron chi connectivity index (χ3n) is 3.11. The van der Waals surface area contributed by atoms with Crippen molar-refractivity contribution >= 4 is 40.2 Å². The van der Waals surface area contributed by atoms with Gasteiger partial charge in [0.25, 0.3) is 5.56 Å². The van der Waals surface area contributed by atoms with E-state index in [2.05, 4.69) is 10.3 Å². The van der Waals surface area contributed by atoms with Crippen LogP contribution in [-0.2, 0) is 11.3 Å². The number of hydrogen-bond acceptors (Lipinski definition) is 4. The fraction of sp³-hybridized carbons (Fsp3) is 0.438. The minimum Gasteiger partial charge on any atom is -0.353 e. The molecule has 23 heavy (non-hydrogen) atoms. The predicted molar refractivity (Wildman–Crippen MR) is 95.3 cm³/mol. The number of nitrogens with one attached hydrogen (secondary N) is 1.